The lowest BCUT2D eigenvalue weighted by molar-refractivity contribution is -0.123. The van der Waals surface area contributed by atoms with Crippen molar-refractivity contribution in [2.75, 3.05) is 13.1 Å². The monoisotopic (exact) mass is 313 g/mol. The van der Waals surface area contributed by atoms with Crippen LogP contribution in [-0.2, 0) is 0 Å². The molecule has 0 aromatic carbocycles. The molecule has 9 heteroatoms. The number of nitrogens with one attached hydrogen (secondary N) is 1. The summed E-state index contributed by atoms with van der Waals surface area (Å²) in [4.78, 5) is 13.4. The van der Waals surface area contributed by atoms with E-state index >= 15 is 0 Å². The molecule has 118 valence electrons. The van der Waals surface area contributed by atoms with Crippen molar-refractivity contribution in [3.8, 4) is 0 Å². The summed E-state index contributed by atoms with van der Waals surface area (Å²) in [5.41, 5.74) is 0.639. The highest BCUT2D eigenvalue weighted by Gasteiger charge is 2.35. The standard InChI is InChI=1S/C13H14F3N5O/c14-13(15,16)8-17-12(22)20-7-3-4-9(20)11-19-18-10-5-1-2-6-21(10)11/h1-2,5-6,9H,3-4,7-8H2,(H,17,22)/t9-/m0/s1. The van der Waals surface area contributed by atoms with Crippen LogP contribution in [0, 0.1) is 0 Å². The molecule has 0 spiro atoms. The second-order valence-corrected chi connectivity index (χ2v) is 5.11. The topological polar surface area (TPSA) is 62.5 Å². The number of nitrogens with zero attached hydrogens (tertiary/aromatic N) is 4. The van der Waals surface area contributed by atoms with Gasteiger partial charge < -0.3 is 10.2 Å². The first-order chi connectivity index (χ1) is 10.5. The number of rotatable bonds is 2. The third-order valence-corrected chi connectivity index (χ3v) is 3.59. The van der Waals surface area contributed by atoms with Crippen LogP contribution in [0.25, 0.3) is 5.65 Å². The molecule has 6 nitrogen and oxygen atoms in total. The lowest BCUT2D eigenvalue weighted by atomic mass is 10.2. The minimum absolute atomic E-state index is 0.370. The van der Waals surface area contributed by atoms with Crippen LogP contribution in [-0.4, -0.2) is 44.8 Å². The minimum Gasteiger partial charge on any atom is -0.329 e. The first-order valence-electron chi connectivity index (χ1n) is 6.86. The van der Waals surface area contributed by atoms with Gasteiger partial charge in [-0.05, 0) is 25.0 Å². The summed E-state index contributed by atoms with van der Waals surface area (Å²) in [6.45, 7) is -0.939. The number of aromatic nitrogens is 3. The number of halogens is 3. The van der Waals surface area contributed by atoms with Gasteiger partial charge in [-0.15, -0.1) is 10.2 Å². The van der Waals surface area contributed by atoms with Gasteiger partial charge in [0.15, 0.2) is 11.5 Å². The molecule has 0 radical (unpaired) electrons. The maximum absolute atomic E-state index is 12.2. The van der Waals surface area contributed by atoms with Gasteiger partial charge >= 0.3 is 12.2 Å². The number of carbonyl (C=O) groups excluding carboxylic acids is 1. The highest BCUT2D eigenvalue weighted by molar-refractivity contribution is 5.75. The van der Waals surface area contributed by atoms with Crippen molar-refractivity contribution in [1.82, 2.24) is 24.8 Å². The molecule has 1 atom stereocenters. The van der Waals surface area contributed by atoms with Crippen molar-refractivity contribution in [2.24, 2.45) is 0 Å². The predicted molar refractivity (Wildman–Crippen MR) is 71.1 cm³/mol. The first-order valence-corrected chi connectivity index (χ1v) is 6.86. The number of likely N-dealkylation sites (tertiary alicyclic amines) is 1. The fourth-order valence-electron chi connectivity index (χ4n) is 2.64. The Morgan fingerprint density at radius 3 is 2.95 bits per heavy atom. The molecule has 1 saturated heterocycles. The average molecular weight is 313 g/mol. The van der Waals surface area contributed by atoms with Crippen molar-refractivity contribution >= 4 is 11.7 Å². The van der Waals surface area contributed by atoms with E-state index in [9.17, 15) is 18.0 Å². The van der Waals surface area contributed by atoms with Gasteiger partial charge in [0.25, 0.3) is 0 Å². The van der Waals surface area contributed by atoms with E-state index in [0.717, 1.165) is 0 Å². The summed E-state index contributed by atoms with van der Waals surface area (Å²) >= 11 is 0. The van der Waals surface area contributed by atoms with E-state index in [-0.39, 0.29) is 6.04 Å². The molecule has 2 aromatic heterocycles. The number of urea groups is 1. The average Bonchev–Trinajstić information content (AvgIpc) is 3.09. The fourth-order valence-corrected chi connectivity index (χ4v) is 2.64. The van der Waals surface area contributed by atoms with E-state index < -0.39 is 18.8 Å². The van der Waals surface area contributed by atoms with Crippen LogP contribution in [0.1, 0.15) is 24.7 Å². The Hall–Kier alpha value is -2.32. The number of carbonyl (C=O) groups is 1. The molecule has 22 heavy (non-hydrogen) atoms. The van der Waals surface area contributed by atoms with Gasteiger partial charge in [-0.25, -0.2) is 4.79 Å². The number of amides is 2. The first kappa shape index (κ1) is 14.6. The van der Waals surface area contributed by atoms with E-state index in [4.69, 9.17) is 0 Å². The van der Waals surface area contributed by atoms with Gasteiger partial charge in [0, 0.05) is 12.7 Å². The SMILES string of the molecule is O=C(NCC(F)(F)F)N1CCC[C@H]1c1nnc2ccccn12. The molecular formula is C13H14F3N5O. The Morgan fingerprint density at radius 1 is 1.36 bits per heavy atom. The fraction of sp³-hybridized carbons (Fsp3) is 0.462. The summed E-state index contributed by atoms with van der Waals surface area (Å²) < 4.78 is 38.4. The Bertz CT molecular complexity index is 684. The van der Waals surface area contributed by atoms with Gasteiger partial charge in [0.2, 0.25) is 0 Å². The van der Waals surface area contributed by atoms with Crippen LogP contribution >= 0.6 is 0 Å². The molecule has 1 aliphatic heterocycles. The zero-order chi connectivity index (χ0) is 15.7. The lowest BCUT2D eigenvalue weighted by Gasteiger charge is -2.24. The normalized spacial score (nSPS) is 18.9. The minimum atomic E-state index is -4.42. The molecule has 1 fully saturated rings. The molecule has 0 saturated carbocycles. The summed E-state index contributed by atoms with van der Waals surface area (Å²) in [6.07, 6.45) is -1.29. The summed E-state index contributed by atoms with van der Waals surface area (Å²) in [5.74, 6) is 0.565. The zero-order valence-electron chi connectivity index (χ0n) is 11.5. The predicted octanol–water partition coefficient (Wildman–Crippen LogP) is 2.14. The van der Waals surface area contributed by atoms with Crippen LogP contribution in [0.5, 0.6) is 0 Å². The molecule has 0 bridgehead atoms. The summed E-state index contributed by atoms with van der Waals surface area (Å²) in [6, 6.07) is 4.30. The van der Waals surface area contributed by atoms with Crippen molar-refractivity contribution < 1.29 is 18.0 Å². The summed E-state index contributed by atoms with van der Waals surface area (Å²) in [5, 5.41) is 10.0. The molecule has 2 amide bonds. The van der Waals surface area contributed by atoms with Gasteiger partial charge in [-0.2, -0.15) is 13.2 Å². The maximum Gasteiger partial charge on any atom is 0.405 e. The van der Waals surface area contributed by atoms with E-state index in [1.807, 2.05) is 17.4 Å². The van der Waals surface area contributed by atoms with Crippen LogP contribution in [0.2, 0.25) is 0 Å². The Labute approximate surface area is 123 Å². The number of hydrogen-bond donors (Lipinski definition) is 1. The third kappa shape index (κ3) is 2.83. The van der Waals surface area contributed by atoms with Crippen molar-refractivity contribution in [3.05, 3.63) is 30.2 Å². The van der Waals surface area contributed by atoms with Gasteiger partial charge in [-0.1, -0.05) is 6.07 Å². The molecule has 1 N–H and O–H groups in total. The summed E-state index contributed by atoms with van der Waals surface area (Å²) in [7, 11) is 0. The van der Waals surface area contributed by atoms with Crippen molar-refractivity contribution in [1.29, 1.82) is 0 Å². The van der Waals surface area contributed by atoms with Crippen LogP contribution < -0.4 is 5.32 Å². The maximum atomic E-state index is 12.2. The lowest BCUT2D eigenvalue weighted by Crippen LogP contribution is -2.43. The highest BCUT2D eigenvalue weighted by Crippen LogP contribution is 2.31. The number of hydrogen-bond acceptors (Lipinski definition) is 3. The highest BCUT2D eigenvalue weighted by atomic mass is 19.4. The molecule has 3 rings (SSSR count). The third-order valence-electron chi connectivity index (χ3n) is 3.59. The largest absolute Gasteiger partial charge is 0.405 e. The second-order valence-electron chi connectivity index (χ2n) is 5.11. The molecule has 3 heterocycles. The number of alkyl halides is 3. The van der Waals surface area contributed by atoms with Crippen molar-refractivity contribution in [2.45, 2.75) is 25.1 Å². The number of fused-ring (bicyclic) bond motifs is 1. The van der Waals surface area contributed by atoms with E-state index in [1.165, 1.54) is 4.90 Å². The van der Waals surface area contributed by atoms with E-state index in [1.54, 1.807) is 16.7 Å². The Balaban J connectivity index is 1.80. The van der Waals surface area contributed by atoms with Gasteiger partial charge in [0.1, 0.15) is 6.54 Å². The second kappa shape index (κ2) is 5.47. The van der Waals surface area contributed by atoms with Crippen LogP contribution in [0.3, 0.4) is 0 Å². The van der Waals surface area contributed by atoms with E-state index in [2.05, 4.69) is 10.2 Å². The van der Waals surface area contributed by atoms with Gasteiger partial charge in [0.05, 0.1) is 6.04 Å². The van der Waals surface area contributed by atoms with E-state index in [0.29, 0.717) is 30.9 Å². The Morgan fingerprint density at radius 2 is 2.18 bits per heavy atom. The van der Waals surface area contributed by atoms with Crippen molar-refractivity contribution in [3.63, 3.8) is 0 Å². The quantitative estimate of drug-likeness (QED) is 0.924. The van der Waals surface area contributed by atoms with Crippen LogP contribution in [0.4, 0.5) is 18.0 Å². The molecule has 1 aliphatic rings. The van der Waals surface area contributed by atoms with Gasteiger partial charge in [-0.3, -0.25) is 4.40 Å². The molecule has 2 aromatic rings. The smallest absolute Gasteiger partial charge is 0.329 e. The zero-order valence-corrected chi connectivity index (χ0v) is 11.5. The Kier molecular flexibility index (Phi) is 3.63. The number of pyridine rings is 1. The molecular weight excluding hydrogens is 299 g/mol. The molecule has 0 aliphatic carbocycles. The van der Waals surface area contributed by atoms with Crippen LogP contribution in [0.15, 0.2) is 24.4 Å². The molecule has 0 unspecified atom stereocenters.